The third-order valence-electron chi connectivity index (χ3n) is 1.74. The van der Waals surface area contributed by atoms with E-state index in [4.69, 9.17) is 10.3 Å². The Labute approximate surface area is 75.1 Å². The van der Waals surface area contributed by atoms with Crippen molar-refractivity contribution in [1.29, 1.82) is 0 Å². The molecule has 2 N–H and O–H groups in total. The molecule has 0 heterocycles. The molecule has 0 aliphatic heterocycles. The van der Waals surface area contributed by atoms with Crippen LogP contribution in [0.5, 0.6) is 0 Å². The molecule has 0 atom stereocenters. The second-order valence-corrected chi connectivity index (χ2v) is 2.59. The molecule has 68 valence electrons. The van der Waals surface area contributed by atoms with E-state index in [1.165, 1.54) is 6.07 Å². The summed E-state index contributed by atoms with van der Waals surface area (Å²) in [6.07, 6.45) is 1.12. The Bertz CT molecular complexity index is 358. The Hall–Kier alpha value is -1.84. The predicted octanol–water partition coefficient (Wildman–Crippen LogP) is 1.50. The highest BCUT2D eigenvalue weighted by Crippen LogP contribution is 2.11. The van der Waals surface area contributed by atoms with E-state index >= 15 is 0 Å². The number of rotatable bonds is 2. The summed E-state index contributed by atoms with van der Waals surface area (Å²) >= 11 is 0. The Balaban J connectivity index is 3.33. The molecule has 1 aromatic carbocycles. The Morgan fingerprint density at radius 1 is 1.54 bits per heavy atom. The van der Waals surface area contributed by atoms with Crippen LogP contribution in [-0.2, 0) is 0 Å². The first kappa shape index (κ1) is 9.25. The van der Waals surface area contributed by atoms with E-state index in [1.807, 2.05) is 0 Å². The summed E-state index contributed by atoms with van der Waals surface area (Å²) in [6.45, 7) is 1.75. The van der Waals surface area contributed by atoms with Crippen molar-refractivity contribution < 1.29 is 15.1 Å². The molecule has 0 amide bonds. The molecule has 1 aromatic rings. The number of carbonyl (C=O) groups is 1. The zero-order valence-corrected chi connectivity index (χ0v) is 7.06. The first-order chi connectivity index (χ1) is 6.16. The van der Waals surface area contributed by atoms with Crippen molar-refractivity contribution in [3.05, 3.63) is 34.9 Å². The summed E-state index contributed by atoms with van der Waals surface area (Å²) in [7, 11) is 0. The maximum absolute atomic E-state index is 10.7. The number of carboxylic acid groups (broad SMARTS) is 1. The van der Waals surface area contributed by atoms with Crippen LogP contribution in [0, 0.1) is 6.92 Å². The molecule has 1 rings (SSSR count). The number of hydrogen-bond acceptors (Lipinski definition) is 3. The fraction of sp³-hybridized carbons (Fsp3) is 0.111. The van der Waals surface area contributed by atoms with Crippen LogP contribution in [0.15, 0.2) is 23.4 Å². The van der Waals surface area contributed by atoms with Gasteiger partial charge in [-0.05, 0) is 18.6 Å². The van der Waals surface area contributed by atoms with Crippen molar-refractivity contribution in [1.82, 2.24) is 0 Å². The summed E-state index contributed by atoms with van der Waals surface area (Å²) in [5.41, 5.74) is 1.33. The molecule has 0 unspecified atom stereocenters. The molecule has 0 fully saturated rings. The van der Waals surface area contributed by atoms with Gasteiger partial charge in [0.2, 0.25) is 0 Å². The SMILES string of the molecule is Cc1cccc(C(=O)O)c1C=NO. The lowest BCUT2D eigenvalue weighted by molar-refractivity contribution is 0.0696. The lowest BCUT2D eigenvalue weighted by Crippen LogP contribution is -2.03. The van der Waals surface area contributed by atoms with E-state index in [9.17, 15) is 4.79 Å². The van der Waals surface area contributed by atoms with Gasteiger partial charge in [0.1, 0.15) is 0 Å². The van der Waals surface area contributed by atoms with Crippen LogP contribution in [-0.4, -0.2) is 22.5 Å². The lowest BCUT2D eigenvalue weighted by atomic mass is 10.0. The second-order valence-electron chi connectivity index (χ2n) is 2.59. The van der Waals surface area contributed by atoms with Gasteiger partial charge in [-0.3, -0.25) is 0 Å². The molecule has 4 heteroatoms. The number of benzene rings is 1. The second kappa shape index (κ2) is 3.71. The summed E-state index contributed by atoms with van der Waals surface area (Å²) in [5, 5.41) is 19.9. The summed E-state index contributed by atoms with van der Waals surface area (Å²) < 4.78 is 0. The zero-order chi connectivity index (χ0) is 9.84. The third-order valence-corrected chi connectivity index (χ3v) is 1.74. The number of nitrogens with zero attached hydrogens (tertiary/aromatic N) is 1. The smallest absolute Gasteiger partial charge is 0.336 e. The summed E-state index contributed by atoms with van der Waals surface area (Å²) in [6, 6.07) is 4.86. The summed E-state index contributed by atoms with van der Waals surface area (Å²) in [4.78, 5) is 10.7. The van der Waals surface area contributed by atoms with Gasteiger partial charge in [-0.1, -0.05) is 17.3 Å². The average Bonchev–Trinajstić information content (AvgIpc) is 2.08. The number of carboxylic acids is 1. The van der Waals surface area contributed by atoms with Crippen LogP contribution < -0.4 is 0 Å². The fourth-order valence-electron chi connectivity index (χ4n) is 1.10. The highest BCUT2D eigenvalue weighted by Gasteiger charge is 2.09. The van der Waals surface area contributed by atoms with Crippen molar-refractivity contribution in [2.75, 3.05) is 0 Å². The first-order valence-electron chi connectivity index (χ1n) is 3.67. The number of aryl methyl sites for hydroxylation is 1. The van der Waals surface area contributed by atoms with Crippen molar-refractivity contribution in [2.45, 2.75) is 6.92 Å². The van der Waals surface area contributed by atoms with Crippen LogP contribution in [0.3, 0.4) is 0 Å². The van der Waals surface area contributed by atoms with Gasteiger partial charge in [0, 0.05) is 5.56 Å². The van der Waals surface area contributed by atoms with E-state index < -0.39 is 5.97 Å². The molecule has 0 saturated carbocycles. The standard InChI is InChI=1S/C9H9NO3/c1-6-3-2-4-7(9(11)12)8(6)5-10-13/h2-5,13H,1H3,(H,11,12). The first-order valence-corrected chi connectivity index (χ1v) is 3.67. The van der Waals surface area contributed by atoms with Gasteiger partial charge in [0.15, 0.2) is 0 Å². The van der Waals surface area contributed by atoms with E-state index in [0.29, 0.717) is 5.56 Å². The minimum Gasteiger partial charge on any atom is -0.478 e. The molecule has 0 bridgehead atoms. The van der Waals surface area contributed by atoms with Gasteiger partial charge < -0.3 is 10.3 Å². The average molecular weight is 179 g/mol. The minimum absolute atomic E-state index is 0.137. The largest absolute Gasteiger partial charge is 0.478 e. The van der Waals surface area contributed by atoms with Crippen LogP contribution in [0.25, 0.3) is 0 Å². The van der Waals surface area contributed by atoms with E-state index in [2.05, 4.69) is 5.16 Å². The van der Waals surface area contributed by atoms with Crippen molar-refractivity contribution >= 4 is 12.2 Å². The zero-order valence-electron chi connectivity index (χ0n) is 7.06. The molecule has 0 aliphatic rings. The normalized spacial score (nSPS) is 10.5. The van der Waals surface area contributed by atoms with Crippen molar-refractivity contribution in [2.24, 2.45) is 5.16 Å². The molecule has 0 radical (unpaired) electrons. The highest BCUT2D eigenvalue weighted by atomic mass is 16.4. The van der Waals surface area contributed by atoms with Gasteiger partial charge >= 0.3 is 5.97 Å². The third kappa shape index (κ3) is 1.84. The van der Waals surface area contributed by atoms with Gasteiger partial charge in [0.05, 0.1) is 11.8 Å². The Morgan fingerprint density at radius 3 is 2.77 bits per heavy atom. The lowest BCUT2D eigenvalue weighted by Gasteiger charge is -2.02. The van der Waals surface area contributed by atoms with Crippen LogP contribution >= 0.6 is 0 Å². The van der Waals surface area contributed by atoms with Crippen LogP contribution in [0.4, 0.5) is 0 Å². The molecule has 0 aromatic heterocycles. The number of hydrogen-bond donors (Lipinski definition) is 2. The van der Waals surface area contributed by atoms with Crippen LogP contribution in [0.1, 0.15) is 21.5 Å². The van der Waals surface area contributed by atoms with Gasteiger partial charge in [-0.15, -0.1) is 0 Å². The topological polar surface area (TPSA) is 69.9 Å². The van der Waals surface area contributed by atoms with Crippen molar-refractivity contribution in [3.8, 4) is 0 Å². The molecule has 0 saturated heterocycles. The van der Waals surface area contributed by atoms with Crippen LogP contribution in [0.2, 0.25) is 0 Å². The van der Waals surface area contributed by atoms with E-state index in [0.717, 1.165) is 11.8 Å². The van der Waals surface area contributed by atoms with Gasteiger partial charge in [0.25, 0.3) is 0 Å². The minimum atomic E-state index is -1.03. The fourth-order valence-corrected chi connectivity index (χ4v) is 1.10. The quantitative estimate of drug-likeness (QED) is 0.410. The molecular formula is C9H9NO3. The molecule has 0 aliphatic carbocycles. The van der Waals surface area contributed by atoms with E-state index in [-0.39, 0.29) is 5.56 Å². The van der Waals surface area contributed by atoms with Crippen molar-refractivity contribution in [3.63, 3.8) is 0 Å². The molecular weight excluding hydrogens is 170 g/mol. The Kier molecular flexibility index (Phi) is 2.64. The van der Waals surface area contributed by atoms with Gasteiger partial charge in [-0.25, -0.2) is 4.79 Å². The number of oxime groups is 1. The highest BCUT2D eigenvalue weighted by molar-refractivity contribution is 5.99. The monoisotopic (exact) mass is 179 g/mol. The maximum atomic E-state index is 10.7. The molecule has 4 nitrogen and oxygen atoms in total. The van der Waals surface area contributed by atoms with Gasteiger partial charge in [-0.2, -0.15) is 0 Å². The molecule has 0 spiro atoms. The number of aromatic carboxylic acids is 1. The maximum Gasteiger partial charge on any atom is 0.336 e. The van der Waals surface area contributed by atoms with E-state index in [1.54, 1.807) is 19.1 Å². The summed E-state index contributed by atoms with van der Waals surface area (Å²) in [5.74, 6) is -1.03. The molecule has 13 heavy (non-hydrogen) atoms. The predicted molar refractivity (Wildman–Crippen MR) is 47.5 cm³/mol. The Morgan fingerprint density at radius 2 is 2.23 bits per heavy atom.